The molecule has 0 spiro atoms. The Kier molecular flexibility index (Phi) is 2.35. The first kappa shape index (κ1) is 11.2. The van der Waals surface area contributed by atoms with Gasteiger partial charge >= 0.3 is 5.97 Å². The van der Waals surface area contributed by atoms with Crippen LogP contribution in [0, 0.1) is 6.92 Å². The summed E-state index contributed by atoms with van der Waals surface area (Å²) in [5.74, 6) is -1.62. The first-order valence-corrected chi connectivity index (χ1v) is 6.63. The molecule has 2 N–H and O–H groups in total. The van der Waals surface area contributed by atoms with Crippen molar-refractivity contribution in [1.29, 1.82) is 0 Å². The van der Waals surface area contributed by atoms with Gasteiger partial charge in [-0.15, -0.1) is 22.7 Å². The molecule has 0 radical (unpaired) electrons. The van der Waals surface area contributed by atoms with Crippen molar-refractivity contribution < 1.29 is 15.0 Å². The number of fused-ring (bicyclic) bond motifs is 1. The average Bonchev–Trinajstić information content (AvgIpc) is 2.92. The topological polar surface area (TPSA) is 87.7 Å². The van der Waals surface area contributed by atoms with Crippen molar-refractivity contribution in [2.45, 2.75) is 6.92 Å². The summed E-state index contributed by atoms with van der Waals surface area (Å²) in [4.78, 5) is 15.5. The van der Waals surface area contributed by atoms with E-state index in [0.717, 1.165) is 27.4 Å². The molecule has 0 amide bonds. The Morgan fingerprint density at radius 3 is 2.94 bits per heavy atom. The van der Waals surface area contributed by atoms with Gasteiger partial charge in [0.2, 0.25) is 5.88 Å². The lowest BCUT2D eigenvalue weighted by molar-refractivity contribution is 0.0699. The molecular weight excluding hydrogens is 274 g/mol. The van der Waals surface area contributed by atoms with Gasteiger partial charge in [0, 0.05) is 11.6 Å². The highest BCUT2D eigenvalue weighted by Gasteiger charge is 2.22. The van der Waals surface area contributed by atoms with E-state index >= 15 is 0 Å². The summed E-state index contributed by atoms with van der Waals surface area (Å²) >= 11 is 2.44. The van der Waals surface area contributed by atoms with Crippen molar-refractivity contribution >= 4 is 33.5 Å². The third-order valence-electron chi connectivity index (χ3n) is 2.44. The first-order valence-electron chi connectivity index (χ1n) is 4.94. The van der Waals surface area contributed by atoms with Crippen molar-refractivity contribution in [2.24, 2.45) is 0 Å². The Labute approximate surface area is 109 Å². The standard InChI is InChI=1S/C10H7N3O3S2/c1-4-5(9-13(12-4)2-3-17-9)8-11-7(14)6(18-8)10(15)16/h2-3,14H,1H3,(H,15,16). The molecule has 92 valence electrons. The quantitative estimate of drug-likeness (QED) is 0.752. The van der Waals surface area contributed by atoms with Crippen LogP contribution in [-0.4, -0.2) is 30.8 Å². The minimum atomic E-state index is -1.18. The van der Waals surface area contributed by atoms with E-state index in [2.05, 4.69) is 10.1 Å². The fraction of sp³-hybridized carbons (Fsp3) is 0.100. The van der Waals surface area contributed by atoms with Gasteiger partial charge in [0.25, 0.3) is 0 Å². The van der Waals surface area contributed by atoms with Crippen molar-refractivity contribution in [1.82, 2.24) is 14.6 Å². The van der Waals surface area contributed by atoms with Crippen molar-refractivity contribution in [3.05, 3.63) is 22.1 Å². The fourth-order valence-electron chi connectivity index (χ4n) is 1.70. The summed E-state index contributed by atoms with van der Waals surface area (Å²) in [7, 11) is 0. The summed E-state index contributed by atoms with van der Waals surface area (Å²) in [5, 5.41) is 25.1. The Balaban J connectivity index is 2.25. The van der Waals surface area contributed by atoms with Crippen molar-refractivity contribution in [3.63, 3.8) is 0 Å². The zero-order valence-electron chi connectivity index (χ0n) is 9.12. The molecule has 0 aliphatic carbocycles. The van der Waals surface area contributed by atoms with Crippen LogP contribution in [-0.2, 0) is 0 Å². The molecule has 0 saturated carbocycles. The number of rotatable bonds is 2. The maximum absolute atomic E-state index is 10.9. The smallest absolute Gasteiger partial charge is 0.351 e. The molecule has 0 aromatic carbocycles. The lowest BCUT2D eigenvalue weighted by Gasteiger charge is -1.90. The number of aromatic carboxylic acids is 1. The molecule has 18 heavy (non-hydrogen) atoms. The molecule has 3 aromatic rings. The number of aromatic nitrogens is 3. The highest BCUT2D eigenvalue weighted by atomic mass is 32.1. The summed E-state index contributed by atoms with van der Waals surface area (Å²) < 4.78 is 1.72. The van der Waals surface area contributed by atoms with Crippen LogP contribution in [0.2, 0.25) is 0 Å². The summed E-state index contributed by atoms with van der Waals surface area (Å²) in [6.45, 7) is 1.83. The van der Waals surface area contributed by atoms with Gasteiger partial charge in [0.15, 0.2) is 4.88 Å². The minimum Gasteiger partial charge on any atom is -0.492 e. The van der Waals surface area contributed by atoms with E-state index in [1.807, 2.05) is 18.5 Å². The van der Waals surface area contributed by atoms with Crippen LogP contribution in [0.1, 0.15) is 15.4 Å². The summed E-state index contributed by atoms with van der Waals surface area (Å²) in [6.07, 6.45) is 1.82. The van der Waals surface area contributed by atoms with Gasteiger partial charge < -0.3 is 10.2 Å². The van der Waals surface area contributed by atoms with Crippen molar-refractivity contribution in [3.8, 4) is 16.5 Å². The molecule has 0 atom stereocenters. The number of hydrogen-bond donors (Lipinski definition) is 2. The number of thiazole rings is 2. The highest BCUT2D eigenvalue weighted by Crippen LogP contribution is 2.37. The first-order chi connectivity index (χ1) is 8.58. The Morgan fingerprint density at radius 1 is 1.50 bits per heavy atom. The second-order valence-corrected chi connectivity index (χ2v) is 5.48. The van der Waals surface area contributed by atoms with Gasteiger partial charge in [0.1, 0.15) is 9.84 Å². The number of nitrogens with zero attached hydrogens (tertiary/aromatic N) is 3. The Bertz CT molecular complexity index is 756. The monoisotopic (exact) mass is 281 g/mol. The third-order valence-corrected chi connectivity index (χ3v) is 4.36. The van der Waals surface area contributed by atoms with Crippen molar-refractivity contribution in [2.75, 3.05) is 0 Å². The molecule has 0 bridgehead atoms. The molecule has 0 unspecified atom stereocenters. The van der Waals surface area contributed by atoms with E-state index in [9.17, 15) is 9.90 Å². The molecule has 0 aliphatic rings. The molecule has 8 heteroatoms. The van der Waals surface area contributed by atoms with E-state index in [1.54, 1.807) is 4.52 Å². The van der Waals surface area contributed by atoms with E-state index in [4.69, 9.17) is 5.11 Å². The van der Waals surface area contributed by atoms with Gasteiger partial charge in [-0.25, -0.2) is 14.3 Å². The fourth-order valence-corrected chi connectivity index (χ4v) is 3.54. The number of hydrogen-bond acceptors (Lipinski definition) is 6. The molecule has 0 aliphatic heterocycles. The van der Waals surface area contributed by atoms with Crippen LogP contribution < -0.4 is 0 Å². The van der Waals surface area contributed by atoms with E-state index in [-0.39, 0.29) is 4.88 Å². The second kappa shape index (κ2) is 3.79. The third kappa shape index (κ3) is 1.50. The molecule has 0 fully saturated rings. The molecule has 3 aromatic heterocycles. The molecule has 3 heterocycles. The van der Waals surface area contributed by atoms with Gasteiger partial charge in [-0.1, -0.05) is 0 Å². The van der Waals surface area contributed by atoms with Crippen LogP contribution in [0.4, 0.5) is 0 Å². The SMILES string of the molecule is Cc1nn2ccsc2c1-c1nc(O)c(C(=O)O)s1. The maximum Gasteiger partial charge on any atom is 0.351 e. The predicted octanol–water partition coefficient (Wildman–Crippen LogP) is 2.23. The van der Waals surface area contributed by atoms with E-state index in [1.165, 1.54) is 11.3 Å². The van der Waals surface area contributed by atoms with Crippen LogP contribution in [0.5, 0.6) is 5.88 Å². The number of carbonyl (C=O) groups is 1. The van der Waals surface area contributed by atoms with E-state index < -0.39 is 11.8 Å². The molecule has 6 nitrogen and oxygen atoms in total. The summed E-state index contributed by atoms with van der Waals surface area (Å²) in [6, 6.07) is 0. The normalized spacial score (nSPS) is 11.2. The number of carboxylic acid groups (broad SMARTS) is 1. The highest BCUT2D eigenvalue weighted by molar-refractivity contribution is 7.19. The van der Waals surface area contributed by atoms with Crippen LogP contribution >= 0.6 is 22.7 Å². The maximum atomic E-state index is 10.9. The van der Waals surface area contributed by atoms with Gasteiger partial charge in [-0.2, -0.15) is 5.10 Å². The van der Waals surface area contributed by atoms with Crippen LogP contribution in [0.25, 0.3) is 15.4 Å². The predicted molar refractivity (Wildman–Crippen MR) is 67.5 cm³/mol. The molecular formula is C10H7N3O3S2. The Morgan fingerprint density at radius 2 is 2.28 bits per heavy atom. The van der Waals surface area contributed by atoms with Gasteiger partial charge in [-0.05, 0) is 6.92 Å². The lowest BCUT2D eigenvalue weighted by atomic mass is 10.3. The van der Waals surface area contributed by atoms with Crippen LogP contribution in [0.3, 0.4) is 0 Å². The Hall–Kier alpha value is -1.93. The summed E-state index contributed by atoms with van der Waals surface area (Å²) in [5.41, 5.74) is 1.53. The average molecular weight is 281 g/mol. The van der Waals surface area contributed by atoms with Crippen LogP contribution in [0.15, 0.2) is 11.6 Å². The largest absolute Gasteiger partial charge is 0.492 e. The van der Waals surface area contributed by atoms with Gasteiger partial charge in [-0.3, -0.25) is 0 Å². The van der Waals surface area contributed by atoms with Gasteiger partial charge in [0.05, 0.1) is 11.3 Å². The zero-order valence-corrected chi connectivity index (χ0v) is 10.7. The van der Waals surface area contributed by atoms with E-state index in [0.29, 0.717) is 5.01 Å². The minimum absolute atomic E-state index is 0.152. The molecule has 0 saturated heterocycles. The zero-order chi connectivity index (χ0) is 12.9. The molecule has 3 rings (SSSR count). The lowest BCUT2D eigenvalue weighted by Crippen LogP contribution is -1.91. The number of aryl methyl sites for hydroxylation is 1. The number of aromatic hydroxyl groups is 1. The number of carboxylic acids is 1. The second-order valence-electron chi connectivity index (χ2n) is 3.59.